The fourth-order valence-corrected chi connectivity index (χ4v) is 1.99. The molecule has 0 amide bonds. The molecule has 0 bridgehead atoms. The van der Waals surface area contributed by atoms with Gasteiger partial charge >= 0.3 is 0 Å². The van der Waals surface area contributed by atoms with Gasteiger partial charge in [0.15, 0.2) is 0 Å². The monoisotopic (exact) mass is 261 g/mol. The van der Waals surface area contributed by atoms with E-state index in [2.05, 4.69) is 24.3 Å². The first-order chi connectivity index (χ1) is 9.13. The average molecular weight is 261 g/mol. The molecular formula is C15H20FN3. The van der Waals surface area contributed by atoms with Crippen molar-refractivity contribution in [2.24, 2.45) is 0 Å². The number of benzene rings is 1. The lowest BCUT2D eigenvalue weighted by atomic mass is 10.1. The largest absolute Gasteiger partial charge is 0.313 e. The minimum atomic E-state index is -0.242. The van der Waals surface area contributed by atoms with Crippen LogP contribution >= 0.6 is 0 Å². The van der Waals surface area contributed by atoms with Gasteiger partial charge in [-0.3, -0.25) is 0 Å². The molecule has 1 heterocycles. The van der Waals surface area contributed by atoms with Gasteiger partial charge in [-0.2, -0.15) is 5.10 Å². The molecule has 19 heavy (non-hydrogen) atoms. The van der Waals surface area contributed by atoms with Crippen molar-refractivity contribution >= 4 is 0 Å². The van der Waals surface area contributed by atoms with Crippen molar-refractivity contribution in [3.63, 3.8) is 0 Å². The summed E-state index contributed by atoms with van der Waals surface area (Å²) in [5, 5.41) is 7.68. The summed E-state index contributed by atoms with van der Waals surface area (Å²) in [6.45, 7) is 7.68. The molecule has 0 aliphatic heterocycles. The summed E-state index contributed by atoms with van der Waals surface area (Å²) < 4.78 is 15.7. The van der Waals surface area contributed by atoms with Crippen LogP contribution in [0.25, 0.3) is 5.69 Å². The Hall–Kier alpha value is -1.68. The summed E-state index contributed by atoms with van der Waals surface area (Å²) in [5.41, 5.74) is 2.42. The number of hydrogen-bond acceptors (Lipinski definition) is 2. The summed E-state index contributed by atoms with van der Waals surface area (Å²) in [6.07, 6.45) is 1.82. The molecule has 1 aromatic carbocycles. The molecule has 0 spiro atoms. The zero-order chi connectivity index (χ0) is 13.8. The van der Waals surface area contributed by atoms with Crippen molar-refractivity contribution in [3.05, 3.63) is 47.5 Å². The van der Waals surface area contributed by atoms with Crippen LogP contribution in [-0.2, 0) is 6.54 Å². The zero-order valence-electron chi connectivity index (χ0n) is 11.7. The van der Waals surface area contributed by atoms with E-state index in [0.717, 1.165) is 17.8 Å². The molecule has 0 radical (unpaired) electrons. The number of hydrogen-bond donors (Lipinski definition) is 1. The second-order valence-electron chi connectivity index (χ2n) is 4.87. The predicted octanol–water partition coefficient (Wildman–Crippen LogP) is 3.24. The van der Waals surface area contributed by atoms with E-state index in [1.165, 1.54) is 6.07 Å². The molecule has 2 rings (SSSR count). The highest BCUT2D eigenvalue weighted by atomic mass is 19.1. The van der Waals surface area contributed by atoms with Gasteiger partial charge in [0.2, 0.25) is 0 Å². The Bertz CT molecular complexity index is 546. The molecule has 1 N–H and O–H groups in total. The van der Waals surface area contributed by atoms with Gasteiger partial charge in [0.1, 0.15) is 11.5 Å². The van der Waals surface area contributed by atoms with Crippen molar-refractivity contribution in [2.45, 2.75) is 33.2 Å². The Balaban J connectivity index is 2.41. The third kappa shape index (κ3) is 3.01. The number of para-hydroxylation sites is 1. The van der Waals surface area contributed by atoms with Crippen molar-refractivity contribution in [1.82, 2.24) is 15.1 Å². The van der Waals surface area contributed by atoms with E-state index < -0.39 is 0 Å². The van der Waals surface area contributed by atoms with Gasteiger partial charge in [-0.05, 0) is 30.2 Å². The summed E-state index contributed by atoms with van der Waals surface area (Å²) in [6, 6.07) is 7.08. The van der Waals surface area contributed by atoms with E-state index in [0.29, 0.717) is 18.2 Å². The molecule has 0 fully saturated rings. The van der Waals surface area contributed by atoms with Crippen LogP contribution in [-0.4, -0.2) is 16.3 Å². The molecule has 3 nitrogen and oxygen atoms in total. The maximum atomic E-state index is 14.1. The van der Waals surface area contributed by atoms with Crippen LogP contribution < -0.4 is 5.32 Å². The van der Waals surface area contributed by atoms with Crippen LogP contribution in [0, 0.1) is 5.82 Å². The zero-order valence-corrected chi connectivity index (χ0v) is 11.7. The maximum absolute atomic E-state index is 14.1. The molecule has 0 atom stereocenters. The highest BCUT2D eigenvalue weighted by molar-refractivity contribution is 5.42. The highest BCUT2D eigenvalue weighted by Crippen LogP contribution is 2.20. The minimum Gasteiger partial charge on any atom is -0.313 e. The SMILES string of the molecule is CCNCc1cccc(F)c1-n1ccc(C(C)C)n1. The molecule has 0 aliphatic carbocycles. The lowest BCUT2D eigenvalue weighted by Crippen LogP contribution is -2.15. The molecular weight excluding hydrogens is 241 g/mol. The van der Waals surface area contributed by atoms with Gasteiger partial charge in [0.05, 0.1) is 5.69 Å². The summed E-state index contributed by atoms with van der Waals surface area (Å²) in [4.78, 5) is 0. The predicted molar refractivity (Wildman–Crippen MR) is 75.0 cm³/mol. The van der Waals surface area contributed by atoms with E-state index in [1.807, 2.05) is 25.3 Å². The maximum Gasteiger partial charge on any atom is 0.149 e. The van der Waals surface area contributed by atoms with E-state index in [1.54, 1.807) is 10.7 Å². The van der Waals surface area contributed by atoms with Crippen LogP contribution in [0.1, 0.15) is 37.9 Å². The van der Waals surface area contributed by atoms with E-state index in [-0.39, 0.29) is 5.82 Å². The second kappa shape index (κ2) is 5.97. The standard InChI is InChI=1S/C15H20FN3/c1-4-17-10-12-6-5-7-13(16)15(12)19-9-8-14(18-19)11(2)3/h5-9,11,17H,4,10H2,1-3H3. The topological polar surface area (TPSA) is 29.9 Å². The highest BCUT2D eigenvalue weighted by Gasteiger charge is 2.12. The van der Waals surface area contributed by atoms with Gasteiger partial charge in [-0.25, -0.2) is 9.07 Å². The molecule has 0 unspecified atom stereocenters. The van der Waals surface area contributed by atoms with E-state index >= 15 is 0 Å². The van der Waals surface area contributed by atoms with E-state index in [9.17, 15) is 4.39 Å². The second-order valence-corrected chi connectivity index (χ2v) is 4.87. The van der Waals surface area contributed by atoms with Crippen LogP contribution in [0.3, 0.4) is 0 Å². The Morgan fingerprint density at radius 3 is 2.74 bits per heavy atom. The van der Waals surface area contributed by atoms with Crippen LogP contribution in [0.15, 0.2) is 30.5 Å². The smallest absolute Gasteiger partial charge is 0.149 e. The van der Waals surface area contributed by atoms with Crippen LogP contribution in [0.5, 0.6) is 0 Å². The Morgan fingerprint density at radius 1 is 1.32 bits per heavy atom. The quantitative estimate of drug-likeness (QED) is 0.895. The van der Waals surface area contributed by atoms with Crippen molar-refractivity contribution in [3.8, 4) is 5.69 Å². The molecule has 0 saturated carbocycles. The third-order valence-corrected chi connectivity index (χ3v) is 3.07. The van der Waals surface area contributed by atoms with Gasteiger partial charge in [-0.1, -0.05) is 32.9 Å². The molecule has 1 aromatic heterocycles. The molecule has 4 heteroatoms. The number of nitrogens with zero attached hydrogens (tertiary/aromatic N) is 2. The fourth-order valence-electron chi connectivity index (χ4n) is 1.99. The molecule has 2 aromatic rings. The fraction of sp³-hybridized carbons (Fsp3) is 0.400. The number of aromatic nitrogens is 2. The summed E-state index contributed by atoms with van der Waals surface area (Å²) in [7, 11) is 0. The molecule has 0 aliphatic rings. The lowest BCUT2D eigenvalue weighted by Gasteiger charge is -2.11. The first-order valence-electron chi connectivity index (χ1n) is 6.67. The number of halogens is 1. The minimum absolute atomic E-state index is 0.242. The van der Waals surface area contributed by atoms with Crippen LogP contribution in [0.4, 0.5) is 4.39 Å². The number of nitrogens with one attached hydrogen (secondary N) is 1. The van der Waals surface area contributed by atoms with Crippen LogP contribution in [0.2, 0.25) is 0 Å². The van der Waals surface area contributed by atoms with Crippen molar-refractivity contribution < 1.29 is 4.39 Å². The Kier molecular flexibility index (Phi) is 4.32. The van der Waals surface area contributed by atoms with Gasteiger partial charge in [-0.15, -0.1) is 0 Å². The van der Waals surface area contributed by atoms with Crippen molar-refractivity contribution in [2.75, 3.05) is 6.54 Å². The molecule has 102 valence electrons. The first-order valence-corrected chi connectivity index (χ1v) is 6.67. The average Bonchev–Trinajstić information content (AvgIpc) is 2.85. The first kappa shape index (κ1) is 13.7. The number of rotatable bonds is 5. The van der Waals surface area contributed by atoms with Gasteiger partial charge < -0.3 is 5.32 Å². The normalized spacial score (nSPS) is 11.2. The lowest BCUT2D eigenvalue weighted by molar-refractivity contribution is 0.600. The Labute approximate surface area is 113 Å². The molecule has 0 saturated heterocycles. The summed E-state index contributed by atoms with van der Waals surface area (Å²) >= 11 is 0. The Morgan fingerprint density at radius 2 is 2.11 bits per heavy atom. The summed E-state index contributed by atoms with van der Waals surface area (Å²) in [5.74, 6) is 0.0963. The van der Waals surface area contributed by atoms with E-state index in [4.69, 9.17) is 0 Å². The van der Waals surface area contributed by atoms with Crippen molar-refractivity contribution in [1.29, 1.82) is 0 Å². The van der Waals surface area contributed by atoms with Gasteiger partial charge in [0.25, 0.3) is 0 Å². The third-order valence-electron chi connectivity index (χ3n) is 3.07. The van der Waals surface area contributed by atoms with Gasteiger partial charge in [0, 0.05) is 12.7 Å².